The van der Waals surface area contributed by atoms with Crippen molar-refractivity contribution in [1.29, 1.82) is 0 Å². The molecule has 0 radical (unpaired) electrons. The summed E-state index contributed by atoms with van der Waals surface area (Å²) in [4.78, 5) is 39.4. The lowest BCUT2D eigenvalue weighted by atomic mass is 9.53. The Morgan fingerprint density at radius 1 is 1.08 bits per heavy atom. The molecular weight excluding hydrogens is 492 g/mol. The van der Waals surface area contributed by atoms with E-state index in [1.807, 2.05) is 0 Å². The van der Waals surface area contributed by atoms with E-state index in [2.05, 4.69) is 5.32 Å². The second kappa shape index (κ2) is 10.7. The van der Waals surface area contributed by atoms with Crippen molar-refractivity contribution in [3.63, 3.8) is 0 Å². The Labute approximate surface area is 222 Å². The third kappa shape index (κ3) is 5.54. The monoisotopic (exact) mass is 526 g/mol. The summed E-state index contributed by atoms with van der Waals surface area (Å²) in [6.45, 7) is 0.569. The molecule has 1 aliphatic heterocycles. The summed E-state index contributed by atoms with van der Waals surface area (Å²) in [5.74, 6) is 2.21. The van der Waals surface area contributed by atoms with Gasteiger partial charge >= 0.3 is 5.97 Å². The van der Waals surface area contributed by atoms with E-state index in [-0.39, 0.29) is 17.4 Å². The van der Waals surface area contributed by atoms with Crippen LogP contribution >= 0.6 is 24.0 Å². The molecule has 6 nitrogen and oxygen atoms in total. The molecule has 8 heteroatoms. The minimum absolute atomic E-state index is 0.0818. The van der Waals surface area contributed by atoms with Crippen molar-refractivity contribution in [3.8, 4) is 0 Å². The fourth-order valence-corrected chi connectivity index (χ4v) is 8.34. The van der Waals surface area contributed by atoms with Gasteiger partial charge in [0.2, 0.25) is 5.91 Å². The van der Waals surface area contributed by atoms with Crippen LogP contribution in [0, 0.1) is 17.8 Å². The number of hydrogen-bond acceptors (Lipinski definition) is 6. The van der Waals surface area contributed by atoms with Gasteiger partial charge in [-0.15, -0.1) is 0 Å². The summed E-state index contributed by atoms with van der Waals surface area (Å²) in [5.41, 5.74) is 1.38. The number of carbonyl (C=O) groups is 3. The van der Waals surface area contributed by atoms with Gasteiger partial charge in [-0.1, -0.05) is 42.5 Å². The number of methoxy groups -OCH3 is 1. The lowest BCUT2D eigenvalue weighted by molar-refractivity contribution is -0.127. The molecule has 0 unspecified atom stereocenters. The molecule has 0 aromatic heterocycles. The number of nitrogens with one attached hydrogen (secondary N) is 1. The Kier molecular flexibility index (Phi) is 7.54. The Balaban J connectivity index is 1.05. The molecule has 1 aromatic rings. The number of nitrogens with zero attached hydrogens (tertiary/aromatic N) is 1. The average molecular weight is 527 g/mol. The summed E-state index contributed by atoms with van der Waals surface area (Å²) in [7, 11) is 1.35. The van der Waals surface area contributed by atoms with Gasteiger partial charge in [0.15, 0.2) is 0 Å². The van der Waals surface area contributed by atoms with Gasteiger partial charge in [-0.2, -0.15) is 0 Å². The van der Waals surface area contributed by atoms with E-state index in [0.29, 0.717) is 27.8 Å². The van der Waals surface area contributed by atoms with Gasteiger partial charge in [0.25, 0.3) is 5.91 Å². The minimum atomic E-state index is -0.391. The van der Waals surface area contributed by atoms with Crippen LogP contribution in [-0.4, -0.2) is 46.2 Å². The van der Waals surface area contributed by atoms with Gasteiger partial charge in [0, 0.05) is 18.5 Å². The first-order valence-electron chi connectivity index (χ1n) is 13.1. The van der Waals surface area contributed by atoms with Crippen LogP contribution in [0.1, 0.15) is 80.1 Å². The van der Waals surface area contributed by atoms with Crippen LogP contribution in [0.15, 0.2) is 29.2 Å². The highest BCUT2D eigenvalue weighted by molar-refractivity contribution is 8.26. The van der Waals surface area contributed by atoms with E-state index in [0.717, 1.165) is 42.6 Å². The Bertz CT molecular complexity index is 1050. The molecule has 0 atom stereocenters. The van der Waals surface area contributed by atoms with E-state index in [9.17, 15) is 14.4 Å². The van der Waals surface area contributed by atoms with Gasteiger partial charge in [0.1, 0.15) is 4.32 Å². The van der Waals surface area contributed by atoms with E-state index < -0.39 is 5.97 Å². The number of benzene rings is 1. The molecule has 0 spiro atoms. The molecule has 2 amide bonds. The van der Waals surface area contributed by atoms with Crippen molar-refractivity contribution in [1.82, 2.24) is 10.2 Å². The number of rotatable bonds is 9. The van der Waals surface area contributed by atoms with Crippen molar-refractivity contribution < 1.29 is 19.1 Å². The van der Waals surface area contributed by atoms with Crippen molar-refractivity contribution in [2.75, 3.05) is 13.7 Å². The summed E-state index contributed by atoms with van der Waals surface area (Å²) >= 11 is 6.75. The third-order valence-corrected chi connectivity index (χ3v) is 9.61. The van der Waals surface area contributed by atoms with Crippen molar-refractivity contribution in [3.05, 3.63) is 40.3 Å². The molecule has 4 bridgehead atoms. The topological polar surface area (TPSA) is 75.7 Å². The zero-order valence-electron chi connectivity index (χ0n) is 20.8. The molecule has 192 valence electrons. The number of hydrogen-bond donors (Lipinski definition) is 1. The molecule has 1 N–H and O–H groups in total. The first kappa shape index (κ1) is 25.5. The van der Waals surface area contributed by atoms with Gasteiger partial charge < -0.3 is 10.1 Å². The van der Waals surface area contributed by atoms with Crippen LogP contribution in [-0.2, 0) is 14.3 Å². The Hall–Kier alpha value is -2.19. The number of esters is 1. The highest BCUT2D eigenvalue weighted by atomic mass is 32.2. The molecule has 6 rings (SSSR count). The van der Waals surface area contributed by atoms with Crippen molar-refractivity contribution in [2.45, 2.75) is 69.7 Å². The predicted molar refractivity (Wildman–Crippen MR) is 145 cm³/mol. The summed E-state index contributed by atoms with van der Waals surface area (Å²) < 4.78 is 5.29. The highest BCUT2D eigenvalue weighted by Crippen LogP contribution is 2.55. The smallest absolute Gasteiger partial charge is 0.337 e. The van der Waals surface area contributed by atoms with Crippen molar-refractivity contribution in [2.24, 2.45) is 17.8 Å². The maximum atomic E-state index is 12.9. The molecule has 5 aliphatic rings. The first-order chi connectivity index (χ1) is 17.3. The summed E-state index contributed by atoms with van der Waals surface area (Å²) in [6.07, 6.45) is 12.6. The van der Waals surface area contributed by atoms with Crippen molar-refractivity contribution >= 4 is 52.2 Å². The molecule has 4 saturated carbocycles. The molecule has 4 aliphatic carbocycles. The maximum absolute atomic E-state index is 12.9. The number of thiocarbonyl (C=S) groups is 1. The molecule has 36 heavy (non-hydrogen) atoms. The first-order valence-corrected chi connectivity index (χ1v) is 14.3. The van der Waals surface area contributed by atoms with E-state index in [4.69, 9.17) is 17.0 Å². The Morgan fingerprint density at radius 2 is 1.72 bits per heavy atom. The predicted octanol–water partition coefficient (Wildman–Crippen LogP) is 5.32. The zero-order valence-corrected chi connectivity index (χ0v) is 22.4. The second-order valence-electron chi connectivity index (χ2n) is 11.0. The van der Waals surface area contributed by atoms with Gasteiger partial charge in [-0.05, 0) is 92.9 Å². The second-order valence-corrected chi connectivity index (χ2v) is 12.7. The number of amides is 2. The van der Waals surface area contributed by atoms with Gasteiger partial charge in [0.05, 0.1) is 17.6 Å². The maximum Gasteiger partial charge on any atom is 0.337 e. The third-order valence-electron chi connectivity index (χ3n) is 8.23. The molecular formula is C28H34N2O4S2. The number of ether oxygens (including phenoxy) is 1. The lowest BCUT2D eigenvalue weighted by Gasteiger charge is -2.56. The Morgan fingerprint density at radius 3 is 2.33 bits per heavy atom. The highest BCUT2D eigenvalue weighted by Gasteiger charge is 2.51. The van der Waals surface area contributed by atoms with E-state index in [1.54, 1.807) is 35.2 Å². The molecule has 5 fully saturated rings. The zero-order chi connectivity index (χ0) is 25.3. The molecule has 1 aromatic carbocycles. The van der Waals surface area contributed by atoms with Crippen LogP contribution in [0.25, 0.3) is 6.08 Å². The fraction of sp³-hybridized carbons (Fsp3) is 0.571. The summed E-state index contributed by atoms with van der Waals surface area (Å²) in [5, 5.41) is 3.45. The largest absolute Gasteiger partial charge is 0.465 e. The SMILES string of the molecule is COC(=O)c1ccc(C=C2SC(=S)N(CCCCCC(=O)NC34CC5CC(CC(C5)C3)C4)C2=O)cc1. The fourth-order valence-electron chi connectivity index (χ4n) is 7.03. The van der Waals surface area contributed by atoms with Crippen LogP contribution < -0.4 is 5.32 Å². The molecule has 1 saturated heterocycles. The van der Waals surface area contributed by atoms with Gasteiger partial charge in [-0.25, -0.2) is 4.79 Å². The number of thioether (sulfide) groups is 1. The quantitative estimate of drug-likeness (QED) is 0.203. The van der Waals surface area contributed by atoms with Crippen LogP contribution in [0.2, 0.25) is 0 Å². The van der Waals surface area contributed by atoms with Crippen LogP contribution in [0.4, 0.5) is 0 Å². The van der Waals surface area contributed by atoms with Crippen LogP contribution in [0.3, 0.4) is 0 Å². The lowest BCUT2D eigenvalue weighted by Crippen LogP contribution is -2.59. The average Bonchev–Trinajstić information content (AvgIpc) is 3.09. The van der Waals surface area contributed by atoms with Gasteiger partial charge in [-0.3, -0.25) is 14.5 Å². The normalized spacial score (nSPS) is 29.8. The number of carbonyl (C=O) groups excluding carboxylic acids is 3. The molecule has 1 heterocycles. The minimum Gasteiger partial charge on any atom is -0.465 e. The standard InChI is InChI=1S/C28H34N2O4S2/c1-34-26(33)22-8-6-18(7-9-22)14-23-25(32)30(27(35)36-23)10-4-2-3-5-24(31)29-28-15-19-11-20(16-28)13-21(12-19)17-28/h6-9,14,19-21H,2-5,10-13,15-17H2,1H3,(H,29,31). The number of unbranched alkanes of at least 4 members (excludes halogenated alkanes) is 2. The van der Waals surface area contributed by atoms with E-state index in [1.165, 1.54) is 57.4 Å². The van der Waals surface area contributed by atoms with E-state index >= 15 is 0 Å². The van der Waals surface area contributed by atoms with Crippen LogP contribution in [0.5, 0.6) is 0 Å². The summed E-state index contributed by atoms with van der Waals surface area (Å²) in [6, 6.07) is 6.93.